The lowest BCUT2D eigenvalue weighted by Gasteiger charge is -2.17. The summed E-state index contributed by atoms with van der Waals surface area (Å²) in [6.45, 7) is 5.16. The summed E-state index contributed by atoms with van der Waals surface area (Å²) in [7, 11) is 0. The number of likely N-dealkylation sites (tertiary alicyclic amines) is 1. The third kappa shape index (κ3) is 1.91. The zero-order valence-corrected chi connectivity index (χ0v) is 11.0. The lowest BCUT2D eigenvalue weighted by molar-refractivity contribution is -0.139. The van der Waals surface area contributed by atoms with Crippen LogP contribution in [0.25, 0.3) is 0 Å². The molecule has 6 nitrogen and oxygen atoms in total. The molecule has 2 aliphatic rings. The van der Waals surface area contributed by atoms with E-state index in [0.29, 0.717) is 24.7 Å². The second-order valence-corrected chi connectivity index (χ2v) is 5.77. The predicted molar refractivity (Wildman–Crippen MR) is 66.7 cm³/mol. The van der Waals surface area contributed by atoms with E-state index in [9.17, 15) is 9.59 Å². The minimum absolute atomic E-state index is 0.0977. The lowest BCUT2D eigenvalue weighted by Crippen LogP contribution is -2.32. The molecular weight excluding hydrogens is 246 g/mol. The highest BCUT2D eigenvalue weighted by Crippen LogP contribution is 2.51. The molecule has 2 heterocycles. The number of rotatable bonds is 3. The van der Waals surface area contributed by atoms with E-state index in [1.807, 2.05) is 13.8 Å². The molecule has 19 heavy (non-hydrogen) atoms. The van der Waals surface area contributed by atoms with E-state index in [0.717, 1.165) is 5.69 Å². The van der Waals surface area contributed by atoms with Crippen LogP contribution in [0.1, 0.15) is 35.9 Å². The number of piperidine rings is 1. The van der Waals surface area contributed by atoms with Crippen molar-refractivity contribution in [1.82, 2.24) is 15.1 Å². The number of carboxylic acids is 1. The van der Waals surface area contributed by atoms with E-state index in [1.165, 1.54) is 0 Å². The van der Waals surface area contributed by atoms with Crippen molar-refractivity contribution in [3.05, 3.63) is 17.5 Å². The van der Waals surface area contributed by atoms with Gasteiger partial charge in [0.25, 0.3) is 5.91 Å². The maximum atomic E-state index is 12.2. The standard InChI is InChI=1S/C13H17N3O3/c1-6(2)9-3-10(15-14-9)12(17)16-4-7-8(5-16)11(7)13(18)19/h3,6-8,11H,4-5H2,1-2H3,(H,14,15)(H,18,19)/t7-,8+,11?. The summed E-state index contributed by atoms with van der Waals surface area (Å²) in [6, 6.07) is 1.78. The number of carbonyl (C=O) groups excluding carboxylic acids is 1. The fourth-order valence-electron chi connectivity index (χ4n) is 2.96. The minimum Gasteiger partial charge on any atom is -0.481 e. The largest absolute Gasteiger partial charge is 0.481 e. The lowest BCUT2D eigenvalue weighted by atomic mass is 10.1. The first-order chi connectivity index (χ1) is 8.99. The van der Waals surface area contributed by atoms with Crippen molar-refractivity contribution in [2.24, 2.45) is 17.8 Å². The van der Waals surface area contributed by atoms with Crippen LogP contribution in [0.4, 0.5) is 0 Å². The maximum Gasteiger partial charge on any atom is 0.307 e. The van der Waals surface area contributed by atoms with Crippen molar-refractivity contribution in [3.63, 3.8) is 0 Å². The molecule has 3 atom stereocenters. The molecule has 1 aromatic rings. The van der Waals surface area contributed by atoms with Gasteiger partial charge >= 0.3 is 5.97 Å². The van der Waals surface area contributed by atoms with Crippen molar-refractivity contribution < 1.29 is 14.7 Å². The van der Waals surface area contributed by atoms with Gasteiger partial charge in [0.15, 0.2) is 0 Å². The molecule has 2 N–H and O–H groups in total. The Labute approximate surface area is 110 Å². The molecular formula is C13H17N3O3. The molecule has 2 fully saturated rings. The van der Waals surface area contributed by atoms with Gasteiger partial charge in [-0.1, -0.05) is 13.8 Å². The van der Waals surface area contributed by atoms with Gasteiger partial charge in [-0.3, -0.25) is 14.7 Å². The van der Waals surface area contributed by atoms with Gasteiger partial charge < -0.3 is 10.0 Å². The molecule has 6 heteroatoms. The number of amides is 1. The Morgan fingerprint density at radius 3 is 2.53 bits per heavy atom. The zero-order chi connectivity index (χ0) is 13.7. The number of aromatic amines is 1. The summed E-state index contributed by atoms with van der Waals surface area (Å²) in [5, 5.41) is 15.9. The average molecular weight is 263 g/mol. The monoisotopic (exact) mass is 263 g/mol. The van der Waals surface area contributed by atoms with Crippen LogP contribution < -0.4 is 0 Å². The topological polar surface area (TPSA) is 86.3 Å². The number of H-pyrrole nitrogens is 1. The molecule has 1 aromatic heterocycles. The zero-order valence-electron chi connectivity index (χ0n) is 11.0. The molecule has 0 radical (unpaired) electrons. The van der Waals surface area contributed by atoms with Gasteiger partial charge in [-0.05, 0) is 23.8 Å². The summed E-state index contributed by atoms with van der Waals surface area (Å²) in [6.07, 6.45) is 0. The summed E-state index contributed by atoms with van der Waals surface area (Å²) in [5.41, 5.74) is 1.37. The molecule has 1 aliphatic heterocycles. The highest BCUT2D eigenvalue weighted by molar-refractivity contribution is 5.93. The van der Waals surface area contributed by atoms with Crippen molar-refractivity contribution in [3.8, 4) is 0 Å². The fourth-order valence-corrected chi connectivity index (χ4v) is 2.96. The molecule has 1 saturated heterocycles. The molecule has 0 bridgehead atoms. The Balaban J connectivity index is 1.65. The van der Waals surface area contributed by atoms with Gasteiger partial charge in [0.1, 0.15) is 5.69 Å². The number of hydrogen-bond acceptors (Lipinski definition) is 3. The number of carbonyl (C=O) groups is 2. The smallest absolute Gasteiger partial charge is 0.307 e. The highest BCUT2D eigenvalue weighted by atomic mass is 16.4. The molecule has 1 saturated carbocycles. The summed E-state index contributed by atoms with van der Waals surface area (Å²) < 4.78 is 0. The van der Waals surface area contributed by atoms with Crippen molar-refractivity contribution in [2.75, 3.05) is 13.1 Å². The van der Waals surface area contributed by atoms with Crippen LogP contribution in [0, 0.1) is 17.8 Å². The second-order valence-electron chi connectivity index (χ2n) is 5.77. The molecule has 1 unspecified atom stereocenters. The van der Waals surface area contributed by atoms with E-state index >= 15 is 0 Å². The number of aliphatic carboxylic acids is 1. The van der Waals surface area contributed by atoms with E-state index < -0.39 is 5.97 Å². The van der Waals surface area contributed by atoms with Gasteiger partial charge in [0.2, 0.25) is 0 Å². The molecule has 1 aliphatic carbocycles. The summed E-state index contributed by atoms with van der Waals surface area (Å²) in [4.78, 5) is 24.8. The Kier molecular flexibility index (Phi) is 2.62. The van der Waals surface area contributed by atoms with Crippen LogP contribution in [-0.2, 0) is 4.79 Å². The predicted octanol–water partition coefficient (Wildman–Crippen LogP) is 0.936. The van der Waals surface area contributed by atoms with Crippen molar-refractivity contribution in [2.45, 2.75) is 19.8 Å². The minimum atomic E-state index is -0.732. The first-order valence-corrected chi connectivity index (χ1v) is 6.56. The quantitative estimate of drug-likeness (QED) is 0.849. The molecule has 1 amide bonds. The van der Waals surface area contributed by atoms with E-state index in [-0.39, 0.29) is 23.7 Å². The van der Waals surface area contributed by atoms with Gasteiger partial charge in [0.05, 0.1) is 5.92 Å². The van der Waals surface area contributed by atoms with Crippen LogP contribution >= 0.6 is 0 Å². The van der Waals surface area contributed by atoms with E-state index in [2.05, 4.69) is 10.2 Å². The number of nitrogens with zero attached hydrogens (tertiary/aromatic N) is 2. The van der Waals surface area contributed by atoms with Crippen LogP contribution in [0.15, 0.2) is 6.07 Å². The Morgan fingerprint density at radius 2 is 2.05 bits per heavy atom. The Morgan fingerprint density at radius 1 is 1.42 bits per heavy atom. The van der Waals surface area contributed by atoms with E-state index in [1.54, 1.807) is 11.0 Å². The fraction of sp³-hybridized carbons (Fsp3) is 0.615. The summed E-state index contributed by atoms with van der Waals surface area (Å²) >= 11 is 0. The second kappa shape index (κ2) is 4.08. The first kappa shape index (κ1) is 12.2. The van der Waals surface area contributed by atoms with Crippen molar-refractivity contribution in [1.29, 1.82) is 0 Å². The van der Waals surface area contributed by atoms with Gasteiger partial charge in [-0.2, -0.15) is 5.10 Å². The van der Waals surface area contributed by atoms with Crippen LogP contribution in [0.2, 0.25) is 0 Å². The number of hydrogen-bond donors (Lipinski definition) is 2. The first-order valence-electron chi connectivity index (χ1n) is 6.56. The third-order valence-electron chi connectivity index (χ3n) is 4.21. The van der Waals surface area contributed by atoms with Crippen LogP contribution in [0.5, 0.6) is 0 Å². The number of carboxylic acid groups (broad SMARTS) is 1. The normalized spacial score (nSPS) is 28.6. The Bertz CT molecular complexity index is 525. The summed E-state index contributed by atoms with van der Waals surface area (Å²) in [5.74, 6) is -0.481. The molecule has 0 aromatic carbocycles. The maximum absolute atomic E-state index is 12.2. The molecule has 0 spiro atoms. The third-order valence-corrected chi connectivity index (χ3v) is 4.21. The number of aromatic nitrogens is 2. The van der Waals surface area contributed by atoms with Crippen LogP contribution in [0.3, 0.4) is 0 Å². The van der Waals surface area contributed by atoms with E-state index in [4.69, 9.17) is 5.11 Å². The van der Waals surface area contributed by atoms with Gasteiger partial charge in [-0.25, -0.2) is 0 Å². The van der Waals surface area contributed by atoms with Gasteiger partial charge in [-0.15, -0.1) is 0 Å². The van der Waals surface area contributed by atoms with Crippen LogP contribution in [-0.4, -0.2) is 45.2 Å². The van der Waals surface area contributed by atoms with Gasteiger partial charge in [0, 0.05) is 18.8 Å². The Hall–Kier alpha value is -1.85. The number of fused-ring (bicyclic) bond motifs is 1. The number of nitrogens with one attached hydrogen (secondary N) is 1. The SMILES string of the molecule is CC(C)c1cc(C(=O)N2C[C@@H]3C(C(=O)O)[C@@H]3C2)n[nH]1. The highest BCUT2D eigenvalue weighted by Gasteiger charge is 2.60. The van der Waals surface area contributed by atoms with Crippen molar-refractivity contribution >= 4 is 11.9 Å². The average Bonchev–Trinajstić information content (AvgIpc) is 2.79. The molecule has 102 valence electrons. The molecule has 3 rings (SSSR count).